The Morgan fingerprint density at radius 1 is 1.25 bits per heavy atom. The van der Waals surface area contributed by atoms with E-state index in [2.05, 4.69) is 65.1 Å². The van der Waals surface area contributed by atoms with Crippen molar-refractivity contribution < 1.29 is 4.74 Å². The molecule has 2 nitrogen and oxygen atoms in total. The topological polar surface area (TPSA) is 21.3 Å². The summed E-state index contributed by atoms with van der Waals surface area (Å²) in [6, 6.07) is 8.84. The maximum Gasteiger partial charge on any atom is 0.120 e. The lowest BCUT2D eigenvalue weighted by molar-refractivity contribution is 0.242. The number of thioether (sulfide) groups is 1. The summed E-state index contributed by atoms with van der Waals surface area (Å²) in [4.78, 5) is 0. The molecule has 1 unspecified atom stereocenters. The first-order chi connectivity index (χ1) is 9.31. The summed E-state index contributed by atoms with van der Waals surface area (Å²) in [5, 5.41) is 3.58. The van der Waals surface area contributed by atoms with Gasteiger partial charge in [-0.2, -0.15) is 11.8 Å². The Hall–Kier alpha value is -0.670. The van der Waals surface area contributed by atoms with Crippen LogP contribution >= 0.6 is 11.8 Å². The van der Waals surface area contributed by atoms with Crippen LogP contribution in [0.1, 0.15) is 53.1 Å². The van der Waals surface area contributed by atoms with Crippen molar-refractivity contribution in [2.75, 3.05) is 12.3 Å². The Kier molecular flexibility index (Phi) is 6.90. The van der Waals surface area contributed by atoms with Gasteiger partial charge in [-0.25, -0.2) is 0 Å². The van der Waals surface area contributed by atoms with Crippen molar-refractivity contribution in [3.63, 3.8) is 0 Å². The lowest BCUT2D eigenvalue weighted by Gasteiger charge is -2.24. The number of hydrogen-bond donors (Lipinski definition) is 1. The van der Waals surface area contributed by atoms with Crippen LogP contribution in [0.25, 0.3) is 0 Å². The van der Waals surface area contributed by atoms with E-state index in [1.54, 1.807) is 0 Å². The highest BCUT2D eigenvalue weighted by atomic mass is 32.2. The van der Waals surface area contributed by atoms with Crippen molar-refractivity contribution in [2.45, 2.75) is 58.4 Å². The van der Waals surface area contributed by atoms with Crippen molar-refractivity contribution in [2.24, 2.45) is 0 Å². The summed E-state index contributed by atoms with van der Waals surface area (Å²) in [6.07, 6.45) is 0.215. The third-order valence-electron chi connectivity index (χ3n) is 2.77. The molecule has 0 amide bonds. The zero-order valence-corrected chi connectivity index (χ0v) is 14.5. The van der Waals surface area contributed by atoms with Gasteiger partial charge >= 0.3 is 0 Å². The molecule has 0 spiro atoms. The molecule has 0 aliphatic heterocycles. The smallest absolute Gasteiger partial charge is 0.120 e. The van der Waals surface area contributed by atoms with Crippen LogP contribution in [0.15, 0.2) is 24.3 Å². The van der Waals surface area contributed by atoms with Crippen LogP contribution in [-0.2, 0) is 0 Å². The third kappa shape index (κ3) is 6.67. The van der Waals surface area contributed by atoms with E-state index in [1.807, 2.05) is 17.8 Å². The Balaban J connectivity index is 2.80. The van der Waals surface area contributed by atoms with Gasteiger partial charge in [0.15, 0.2) is 0 Å². The van der Waals surface area contributed by atoms with Gasteiger partial charge in [0.05, 0.1) is 6.10 Å². The second-order valence-electron chi connectivity index (χ2n) is 6.27. The highest BCUT2D eigenvalue weighted by Crippen LogP contribution is 2.29. The van der Waals surface area contributed by atoms with Crippen molar-refractivity contribution in [3.05, 3.63) is 29.8 Å². The Labute approximate surface area is 128 Å². The molecule has 1 rings (SSSR count). The van der Waals surface area contributed by atoms with Crippen LogP contribution in [0.3, 0.4) is 0 Å². The molecular weight excluding hydrogens is 266 g/mol. The molecule has 0 fully saturated rings. The first-order valence-corrected chi connectivity index (χ1v) is 8.44. The summed E-state index contributed by atoms with van der Waals surface area (Å²) >= 11 is 1.99. The van der Waals surface area contributed by atoms with E-state index in [9.17, 15) is 0 Å². The predicted octanol–water partition coefficient (Wildman–Crippen LogP) is 4.66. The maximum atomic E-state index is 5.79. The summed E-state index contributed by atoms with van der Waals surface area (Å²) in [5.74, 6) is 2.03. The standard InChI is InChI=1S/C17H29NOS/c1-7-18-16(12-20-17(4,5)6)14-9-8-10-15(11-14)19-13(2)3/h8-11,13,16,18H,7,12H2,1-6H3. The Bertz CT molecular complexity index is 398. The Morgan fingerprint density at radius 2 is 1.95 bits per heavy atom. The van der Waals surface area contributed by atoms with E-state index >= 15 is 0 Å². The molecular formula is C17H29NOS. The van der Waals surface area contributed by atoms with Gasteiger partial charge in [0.2, 0.25) is 0 Å². The zero-order chi connectivity index (χ0) is 15.2. The minimum Gasteiger partial charge on any atom is -0.491 e. The molecule has 0 aliphatic rings. The monoisotopic (exact) mass is 295 g/mol. The van der Waals surface area contributed by atoms with E-state index in [4.69, 9.17) is 4.74 Å². The summed E-state index contributed by atoms with van der Waals surface area (Å²) in [7, 11) is 0. The second-order valence-corrected chi connectivity index (χ2v) is 8.12. The highest BCUT2D eigenvalue weighted by Gasteiger charge is 2.17. The molecule has 3 heteroatoms. The molecule has 0 bridgehead atoms. The minimum absolute atomic E-state index is 0.215. The summed E-state index contributed by atoms with van der Waals surface area (Å²) in [5.41, 5.74) is 1.31. The molecule has 0 aliphatic carbocycles. The van der Waals surface area contributed by atoms with E-state index < -0.39 is 0 Å². The van der Waals surface area contributed by atoms with Crippen LogP contribution in [0.5, 0.6) is 5.75 Å². The third-order valence-corrected chi connectivity index (χ3v) is 4.13. The lowest BCUT2D eigenvalue weighted by atomic mass is 10.1. The summed E-state index contributed by atoms with van der Waals surface area (Å²) in [6.45, 7) is 14.0. The summed E-state index contributed by atoms with van der Waals surface area (Å²) < 4.78 is 6.09. The van der Waals surface area contributed by atoms with Crippen molar-refractivity contribution in [1.29, 1.82) is 0 Å². The SMILES string of the molecule is CCNC(CSC(C)(C)C)c1cccc(OC(C)C)c1. The van der Waals surface area contributed by atoms with Crippen molar-refractivity contribution >= 4 is 11.8 Å². The molecule has 1 aromatic rings. The number of hydrogen-bond acceptors (Lipinski definition) is 3. The van der Waals surface area contributed by atoms with Crippen molar-refractivity contribution in [3.8, 4) is 5.75 Å². The molecule has 20 heavy (non-hydrogen) atoms. The molecule has 0 aromatic heterocycles. The van der Waals surface area contributed by atoms with E-state index in [1.165, 1.54) is 5.56 Å². The first kappa shape index (κ1) is 17.4. The van der Waals surface area contributed by atoms with Gasteiger partial charge in [-0.15, -0.1) is 0 Å². The first-order valence-electron chi connectivity index (χ1n) is 7.45. The number of ether oxygens (including phenoxy) is 1. The van der Waals surface area contributed by atoms with Crippen LogP contribution in [0.4, 0.5) is 0 Å². The normalized spacial score (nSPS) is 13.6. The minimum atomic E-state index is 0.215. The van der Waals surface area contributed by atoms with Crippen LogP contribution in [0, 0.1) is 0 Å². The highest BCUT2D eigenvalue weighted by molar-refractivity contribution is 8.00. The second kappa shape index (κ2) is 7.94. The molecule has 114 valence electrons. The average Bonchev–Trinajstić information content (AvgIpc) is 2.33. The predicted molar refractivity (Wildman–Crippen MR) is 90.8 cm³/mol. The zero-order valence-electron chi connectivity index (χ0n) is 13.7. The Morgan fingerprint density at radius 3 is 2.50 bits per heavy atom. The van der Waals surface area contributed by atoms with Crippen LogP contribution < -0.4 is 10.1 Å². The lowest BCUT2D eigenvalue weighted by Crippen LogP contribution is -2.25. The average molecular weight is 295 g/mol. The quantitative estimate of drug-likeness (QED) is 0.790. The molecule has 1 aromatic carbocycles. The fourth-order valence-electron chi connectivity index (χ4n) is 1.93. The van der Waals surface area contributed by atoms with Gasteiger partial charge in [0, 0.05) is 16.5 Å². The van der Waals surface area contributed by atoms with Crippen molar-refractivity contribution in [1.82, 2.24) is 5.32 Å². The number of benzene rings is 1. The van der Waals surface area contributed by atoms with Gasteiger partial charge in [-0.1, -0.05) is 39.8 Å². The van der Waals surface area contributed by atoms with Gasteiger partial charge in [0.1, 0.15) is 5.75 Å². The van der Waals surface area contributed by atoms with Gasteiger partial charge in [-0.05, 0) is 38.1 Å². The fraction of sp³-hybridized carbons (Fsp3) is 0.647. The van der Waals surface area contributed by atoms with Gasteiger partial charge in [-0.3, -0.25) is 0 Å². The molecule has 0 saturated carbocycles. The largest absolute Gasteiger partial charge is 0.491 e. The molecule has 0 saturated heterocycles. The van der Waals surface area contributed by atoms with Gasteiger partial charge in [0.25, 0.3) is 0 Å². The maximum absolute atomic E-state index is 5.79. The van der Waals surface area contributed by atoms with E-state index in [0.717, 1.165) is 18.0 Å². The van der Waals surface area contributed by atoms with E-state index in [0.29, 0.717) is 10.8 Å². The molecule has 0 radical (unpaired) electrons. The number of rotatable bonds is 7. The molecule has 0 heterocycles. The van der Waals surface area contributed by atoms with Crippen LogP contribution in [-0.4, -0.2) is 23.1 Å². The van der Waals surface area contributed by atoms with Gasteiger partial charge < -0.3 is 10.1 Å². The molecule has 1 atom stereocenters. The van der Waals surface area contributed by atoms with Crippen LogP contribution in [0.2, 0.25) is 0 Å². The fourth-order valence-corrected chi connectivity index (χ4v) is 2.91. The molecule has 1 N–H and O–H groups in total. The van der Waals surface area contributed by atoms with E-state index in [-0.39, 0.29) is 6.10 Å². The number of nitrogens with one attached hydrogen (secondary N) is 1.